The van der Waals surface area contributed by atoms with Gasteiger partial charge in [0.25, 0.3) is 0 Å². The zero-order valence-electron chi connectivity index (χ0n) is 9.37. The molecule has 1 fully saturated rings. The van der Waals surface area contributed by atoms with E-state index in [1.807, 2.05) is 18.2 Å². The van der Waals surface area contributed by atoms with Crippen molar-refractivity contribution >= 4 is 11.4 Å². The van der Waals surface area contributed by atoms with Crippen LogP contribution in [0.2, 0.25) is 0 Å². The SMILES string of the molecule is CC1CCCC1CNc1cccc(N)c1. The molecule has 1 aliphatic rings. The zero-order chi connectivity index (χ0) is 10.7. The van der Waals surface area contributed by atoms with Crippen molar-refractivity contribution in [3.63, 3.8) is 0 Å². The van der Waals surface area contributed by atoms with Gasteiger partial charge < -0.3 is 11.1 Å². The van der Waals surface area contributed by atoms with Crippen LogP contribution in [0.4, 0.5) is 11.4 Å². The predicted molar refractivity (Wildman–Crippen MR) is 65.8 cm³/mol. The summed E-state index contributed by atoms with van der Waals surface area (Å²) in [5.74, 6) is 1.71. The summed E-state index contributed by atoms with van der Waals surface area (Å²) in [6.45, 7) is 3.45. The maximum absolute atomic E-state index is 5.73. The quantitative estimate of drug-likeness (QED) is 0.742. The summed E-state index contributed by atoms with van der Waals surface area (Å²) >= 11 is 0. The molecular formula is C13H20N2. The monoisotopic (exact) mass is 204 g/mol. The van der Waals surface area contributed by atoms with Crippen molar-refractivity contribution < 1.29 is 0 Å². The summed E-state index contributed by atoms with van der Waals surface area (Å²) in [5.41, 5.74) is 7.71. The molecule has 0 heterocycles. The first kappa shape index (κ1) is 10.3. The van der Waals surface area contributed by atoms with Gasteiger partial charge in [-0.25, -0.2) is 0 Å². The van der Waals surface area contributed by atoms with E-state index in [-0.39, 0.29) is 0 Å². The Kier molecular flexibility index (Phi) is 3.14. The van der Waals surface area contributed by atoms with Crippen molar-refractivity contribution in [1.82, 2.24) is 0 Å². The van der Waals surface area contributed by atoms with Crippen molar-refractivity contribution in [1.29, 1.82) is 0 Å². The first-order valence-electron chi connectivity index (χ1n) is 5.85. The molecule has 0 aromatic heterocycles. The van der Waals surface area contributed by atoms with Gasteiger partial charge in [-0.1, -0.05) is 25.8 Å². The van der Waals surface area contributed by atoms with Crippen LogP contribution in [0.5, 0.6) is 0 Å². The zero-order valence-corrected chi connectivity index (χ0v) is 9.37. The Balaban J connectivity index is 1.87. The van der Waals surface area contributed by atoms with Gasteiger partial charge in [0.15, 0.2) is 0 Å². The minimum Gasteiger partial charge on any atom is -0.399 e. The van der Waals surface area contributed by atoms with Gasteiger partial charge in [0.05, 0.1) is 0 Å². The molecule has 2 unspecified atom stereocenters. The molecule has 0 spiro atoms. The Morgan fingerprint density at radius 2 is 2.27 bits per heavy atom. The van der Waals surface area contributed by atoms with Crippen molar-refractivity contribution in [2.75, 3.05) is 17.6 Å². The Morgan fingerprint density at radius 3 is 2.93 bits per heavy atom. The molecule has 0 amide bonds. The molecule has 82 valence electrons. The summed E-state index contributed by atoms with van der Waals surface area (Å²) in [5, 5.41) is 3.48. The molecule has 1 aromatic rings. The van der Waals surface area contributed by atoms with Crippen LogP contribution in [0, 0.1) is 11.8 Å². The van der Waals surface area contributed by atoms with Crippen molar-refractivity contribution in [2.24, 2.45) is 11.8 Å². The number of hydrogen-bond donors (Lipinski definition) is 2. The molecule has 2 heteroatoms. The first-order chi connectivity index (χ1) is 7.25. The smallest absolute Gasteiger partial charge is 0.0360 e. The van der Waals surface area contributed by atoms with Crippen LogP contribution in [0.15, 0.2) is 24.3 Å². The molecule has 2 rings (SSSR count). The Hall–Kier alpha value is -1.18. The lowest BCUT2D eigenvalue weighted by Crippen LogP contribution is -2.16. The van der Waals surface area contributed by atoms with E-state index in [2.05, 4.69) is 18.3 Å². The van der Waals surface area contributed by atoms with Gasteiger partial charge in [-0.15, -0.1) is 0 Å². The maximum atomic E-state index is 5.73. The number of benzene rings is 1. The Morgan fingerprint density at radius 1 is 1.40 bits per heavy atom. The summed E-state index contributed by atoms with van der Waals surface area (Å²) in [6, 6.07) is 7.99. The normalized spacial score (nSPS) is 25.4. The van der Waals surface area contributed by atoms with E-state index in [4.69, 9.17) is 5.73 Å². The average Bonchev–Trinajstić information content (AvgIpc) is 2.61. The summed E-state index contributed by atoms with van der Waals surface area (Å²) in [4.78, 5) is 0. The molecule has 0 radical (unpaired) electrons. The Labute approximate surface area is 91.9 Å². The minimum atomic E-state index is 0.833. The van der Waals surface area contributed by atoms with E-state index in [1.165, 1.54) is 19.3 Å². The molecule has 1 aromatic carbocycles. The van der Waals surface area contributed by atoms with E-state index in [9.17, 15) is 0 Å². The summed E-state index contributed by atoms with van der Waals surface area (Å²) < 4.78 is 0. The molecule has 2 atom stereocenters. The van der Waals surface area contributed by atoms with Crippen LogP contribution in [-0.2, 0) is 0 Å². The second kappa shape index (κ2) is 4.56. The molecule has 2 nitrogen and oxygen atoms in total. The van der Waals surface area contributed by atoms with Crippen LogP contribution in [0.1, 0.15) is 26.2 Å². The first-order valence-corrected chi connectivity index (χ1v) is 5.85. The predicted octanol–water partition coefficient (Wildman–Crippen LogP) is 3.12. The fourth-order valence-electron chi connectivity index (χ4n) is 2.42. The number of anilines is 2. The lowest BCUT2D eigenvalue weighted by Gasteiger charge is -2.16. The molecule has 0 aliphatic heterocycles. The molecular weight excluding hydrogens is 184 g/mol. The van der Waals surface area contributed by atoms with E-state index in [0.717, 1.165) is 29.8 Å². The minimum absolute atomic E-state index is 0.833. The molecule has 15 heavy (non-hydrogen) atoms. The molecule has 1 aliphatic carbocycles. The average molecular weight is 204 g/mol. The largest absolute Gasteiger partial charge is 0.399 e. The highest BCUT2D eigenvalue weighted by atomic mass is 14.9. The number of nitrogens with one attached hydrogen (secondary N) is 1. The van der Waals surface area contributed by atoms with E-state index in [0.29, 0.717) is 0 Å². The van der Waals surface area contributed by atoms with Gasteiger partial charge in [-0.3, -0.25) is 0 Å². The molecule has 0 saturated heterocycles. The summed E-state index contributed by atoms with van der Waals surface area (Å²) in [7, 11) is 0. The molecule has 1 saturated carbocycles. The highest BCUT2D eigenvalue weighted by molar-refractivity contribution is 5.54. The standard InChI is InChI=1S/C13H20N2/c1-10-4-2-5-11(10)9-15-13-7-3-6-12(14)8-13/h3,6-8,10-11,15H,2,4-5,9,14H2,1H3. The van der Waals surface area contributed by atoms with E-state index < -0.39 is 0 Å². The van der Waals surface area contributed by atoms with Gasteiger partial charge in [-0.2, -0.15) is 0 Å². The van der Waals surface area contributed by atoms with Crippen LogP contribution in [0.3, 0.4) is 0 Å². The van der Waals surface area contributed by atoms with Crippen molar-refractivity contribution in [2.45, 2.75) is 26.2 Å². The van der Waals surface area contributed by atoms with Gasteiger partial charge in [-0.05, 0) is 36.5 Å². The van der Waals surface area contributed by atoms with E-state index in [1.54, 1.807) is 0 Å². The molecule has 0 bridgehead atoms. The number of nitrogen functional groups attached to an aromatic ring is 1. The van der Waals surface area contributed by atoms with Crippen molar-refractivity contribution in [3.8, 4) is 0 Å². The third-order valence-corrected chi connectivity index (χ3v) is 3.49. The highest BCUT2D eigenvalue weighted by Gasteiger charge is 2.22. The lowest BCUT2D eigenvalue weighted by molar-refractivity contribution is 0.440. The third kappa shape index (κ3) is 2.65. The number of nitrogens with two attached hydrogens (primary N) is 1. The maximum Gasteiger partial charge on any atom is 0.0360 e. The molecule has 3 N–H and O–H groups in total. The second-order valence-electron chi connectivity index (χ2n) is 4.67. The van der Waals surface area contributed by atoms with Gasteiger partial charge in [0.2, 0.25) is 0 Å². The van der Waals surface area contributed by atoms with Crippen LogP contribution < -0.4 is 11.1 Å². The van der Waals surface area contributed by atoms with Crippen LogP contribution in [-0.4, -0.2) is 6.54 Å². The fraction of sp³-hybridized carbons (Fsp3) is 0.538. The van der Waals surface area contributed by atoms with Gasteiger partial charge in [0, 0.05) is 17.9 Å². The third-order valence-electron chi connectivity index (χ3n) is 3.49. The van der Waals surface area contributed by atoms with Crippen LogP contribution in [0.25, 0.3) is 0 Å². The summed E-state index contributed by atoms with van der Waals surface area (Å²) in [6.07, 6.45) is 4.16. The van der Waals surface area contributed by atoms with E-state index >= 15 is 0 Å². The highest BCUT2D eigenvalue weighted by Crippen LogP contribution is 2.31. The number of hydrogen-bond acceptors (Lipinski definition) is 2. The van der Waals surface area contributed by atoms with Gasteiger partial charge in [0.1, 0.15) is 0 Å². The van der Waals surface area contributed by atoms with Crippen molar-refractivity contribution in [3.05, 3.63) is 24.3 Å². The number of rotatable bonds is 3. The van der Waals surface area contributed by atoms with Crippen LogP contribution >= 0.6 is 0 Å². The fourth-order valence-corrected chi connectivity index (χ4v) is 2.42. The Bertz CT molecular complexity index is 322. The topological polar surface area (TPSA) is 38.0 Å². The second-order valence-corrected chi connectivity index (χ2v) is 4.67. The lowest BCUT2D eigenvalue weighted by atomic mass is 9.98. The van der Waals surface area contributed by atoms with Gasteiger partial charge >= 0.3 is 0 Å².